The van der Waals surface area contributed by atoms with Gasteiger partial charge >= 0.3 is 0 Å². The Kier molecular flexibility index (Phi) is 9.73. The second kappa shape index (κ2) is 11.3. The third-order valence-electron chi connectivity index (χ3n) is 4.50. The predicted molar refractivity (Wildman–Crippen MR) is 114 cm³/mol. The van der Waals surface area contributed by atoms with Crippen LogP contribution in [0.3, 0.4) is 0 Å². The van der Waals surface area contributed by atoms with Gasteiger partial charge in [-0.2, -0.15) is 0 Å². The number of hydrogen-bond donors (Lipinski definition) is 3. The first-order valence-corrected chi connectivity index (χ1v) is 9.43. The normalized spacial score (nSPS) is 12.7. The molecule has 158 valence electrons. The van der Waals surface area contributed by atoms with Crippen LogP contribution in [0.15, 0.2) is 36.4 Å². The average Bonchev–Trinajstić information content (AvgIpc) is 2.66. The Labute approximate surface area is 180 Å². The molecule has 0 aliphatic carbocycles. The van der Waals surface area contributed by atoms with Crippen molar-refractivity contribution < 1.29 is 19.1 Å². The fraction of sp³-hybridized carbons (Fsp3) is 0.333. The molecule has 0 radical (unpaired) electrons. The number of rotatable bonds is 9. The molecule has 0 aliphatic rings. The molecule has 0 saturated carbocycles. The van der Waals surface area contributed by atoms with Gasteiger partial charge in [-0.15, -0.1) is 12.4 Å². The number of carbonyl (C=O) groups excluding carboxylic acids is 2. The van der Waals surface area contributed by atoms with Crippen molar-refractivity contribution in [1.29, 1.82) is 0 Å². The molecule has 5 nitrogen and oxygen atoms in total. The van der Waals surface area contributed by atoms with Gasteiger partial charge in [0.2, 0.25) is 5.91 Å². The molecule has 2 aromatic carbocycles. The van der Waals surface area contributed by atoms with Gasteiger partial charge in [0.05, 0.1) is 17.2 Å². The van der Waals surface area contributed by atoms with Gasteiger partial charge in [0.25, 0.3) is 0 Å². The number of aliphatic hydroxyl groups excluding tert-OH is 1. The highest BCUT2D eigenvalue weighted by Gasteiger charge is 2.25. The summed E-state index contributed by atoms with van der Waals surface area (Å²) >= 11 is 6.15. The highest BCUT2D eigenvalue weighted by molar-refractivity contribution is 6.35. The van der Waals surface area contributed by atoms with Crippen molar-refractivity contribution in [1.82, 2.24) is 5.32 Å². The molecule has 0 heterocycles. The van der Waals surface area contributed by atoms with Crippen molar-refractivity contribution in [2.24, 2.45) is 5.73 Å². The van der Waals surface area contributed by atoms with Crippen molar-refractivity contribution in [2.45, 2.75) is 45.4 Å². The van der Waals surface area contributed by atoms with E-state index in [9.17, 15) is 14.7 Å². The Balaban J connectivity index is 0.00000420. The van der Waals surface area contributed by atoms with Crippen LogP contribution in [0.2, 0.25) is 5.02 Å². The molecule has 29 heavy (non-hydrogen) atoms. The van der Waals surface area contributed by atoms with Gasteiger partial charge < -0.3 is 16.2 Å². The number of carbonyl (C=O) groups is 2. The van der Waals surface area contributed by atoms with Gasteiger partial charge in [0.15, 0.2) is 5.78 Å². The summed E-state index contributed by atoms with van der Waals surface area (Å²) in [5.41, 5.74) is 6.09. The van der Waals surface area contributed by atoms with Crippen LogP contribution in [-0.4, -0.2) is 22.8 Å². The summed E-state index contributed by atoms with van der Waals surface area (Å²) in [4.78, 5) is 24.0. The number of benzene rings is 2. The Hall–Kier alpha value is -1.99. The first kappa shape index (κ1) is 25.0. The minimum absolute atomic E-state index is 0. The van der Waals surface area contributed by atoms with E-state index in [-0.39, 0.29) is 47.6 Å². The summed E-state index contributed by atoms with van der Waals surface area (Å²) in [6.45, 7) is 3.43. The molecule has 0 aromatic heterocycles. The lowest BCUT2D eigenvalue weighted by molar-refractivity contribution is -0.118. The predicted octanol–water partition coefficient (Wildman–Crippen LogP) is 3.93. The van der Waals surface area contributed by atoms with E-state index in [0.29, 0.717) is 17.5 Å². The Bertz CT molecular complexity index is 877. The van der Waals surface area contributed by atoms with Crippen molar-refractivity contribution in [2.75, 3.05) is 0 Å². The van der Waals surface area contributed by atoms with Crippen molar-refractivity contribution >= 4 is 35.7 Å². The Morgan fingerprint density at radius 3 is 2.55 bits per heavy atom. The number of amides is 1. The van der Waals surface area contributed by atoms with Gasteiger partial charge in [-0.25, -0.2) is 4.39 Å². The summed E-state index contributed by atoms with van der Waals surface area (Å²) in [6.07, 6.45) is 0.654. The number of hydrogen-bond acceptors (Lipinski definition) is 4. The molecule has 2 atom stereocenters. The summed E-state index contributed by atoms with van der Waals surface area (Å²) in [5.74, 6) is -1.71. The highest BCUT2D eigenvalue weighted by atomic mass is 35.5. The number of aliphatic hydroxyl groups is 1. The number of ketones is 1. The monoisotopic (exact) mass is 442 g/mol. The van der Waals surface area contributed by atoms with E-state index in [4.69, 9.17) is 17.3 Å². The minimum atomic E-state index is -0.697. The molecule has 8 heteroatoms. The summed E-state index contributed by atoms with van der Waals surface area (Å²) in [6, 6.07) is 8.71. The van der Waals surface area contributed by atoms with Crippen molar-refractivity contribution in [3.63, 3.8) is 0 Å². The summed E-state index contributed by atoms with van der Waals surface area (Å²) < 4.78 is 15.3. The molecule has 2 aromatic rings. The molecule has 1 amide bonds. The highest BCUT2D eigenvalue weighted by Crippen LogP contribution is 2.30. The van der Waals surface area contributed by atoms with Crippen molar-refractivity contribution in [3.8, 4) is 0 Å². The van der Waals surface area contributed by atoms with Crippen LogP contribution in [0.25, 0.3) is 0 Å². The number of nitrogens with one attached hydrogen (secondary N) is 1. The third-order valence-corrected chi connectivity index (χ3v) is 4.81. The minimum Gasteiger partial charge on any atom is -0.392 e. The van der Waals surface area contributed by atoms with Gasteiger partial charge in [-0.05, 0) is 31.0 Å². The fourth-order valence-corrected chi connectivity index (χ4v) is 3.36. The molecular weight excluding hydrogens is 418 g/mol. The number of halogens is 3. The fourth-order valence-electron chi connectivity index (χ4n) is 3.13. The molecule has 0 bridgehead atoms. The van der Waals surface area contributed by atoms with E-state index in [2.05, 4.69) is 5.32 Å². The van der Waals surface area contributed by atoms with Crippen LogP contribution in [0, 0.1) is 5.82 Å². The van der Waals surface area contributed by atoms with Crippen LogP contribution >= 0.6 is 24.0 Å². The second-order valence-corrected chi connectivity index (χ2v) is 7.12. The average molecular weight is 443 g/mol. The topological polar surface area (TPSA) is 92.4 Å². The molecule has 0 fully saturated rings. The van der Waals surface area contributed by atoms with E-state index in [1.54, 1.807) is 25.1 Å². The van der Waals surface area contributed by atoms with E-state index < -0.39 is 23.5 Å². The zero-order chi connectivity index (χ0) is 20.8. The van der Waals surface area contributed by atoms with Crippen LogP contribution in [0.5, 0.6) is 0 Å². The van der Waals surface area contributed by atoms with Gasteiger partial charge in [-0.1, -0.05) is 42.8 Å². The molecule has 2 rings (SSSR count). The number of primary amides is 1. The maximum atomic E-state index is 15.3. The van der Waals surface area contributed by atoms with E-state index in [0.717, 1.165) is 0 Å². The lowest BCUT2D eigenvalue weighted by Crippen LogP contribution is -2.34. The van der Waals surface area contributed by atoms with Crippen LogP contribution < -0.4 is 11.1 Å². The second-order valence-electron chi connectivity index (χ2n) is 6.71. The molecule has 0 saturated heterocycles. The summed E-state index contributed by atoms with van der Waals surface area (Å²) in [5, 5.41) is 12.5. The third kappa shape index (κ3) is 6.24. The number of nitrogens with two attached hydrogens (primary N) is 1. The van der Waals surface area contributed by atoms with Gasteiger partial charge in [-0.3, -0.25) is 9.59 Å². The molecule has 0 unspecified atom stereocenters. The van der Waals surface area contributed by atoms with E-state index >= 15 is 4.39 Å². The smallest absolute Gasteiger partial charge is 0.218 e. The van der Waals surface area contributed by atoms with Crippen molar-refractivity contribution in [3.05, 3.63) is 69.5 Å². The lowest BCUT2D eigenvalue weighted by Gasteiger charge is -2.23. The quantitative estimate of drug-likeness (QED) is 0.512. The van der Waals surface area contributed by atoms with Crippen LogP contribution in [-0.2, 0) is 11.4 Å². The van der Waals surface area contributed by atoms with Crippen LogP contribution in [0.1, 0.15) is 59.8 Å². The Morgan fingerprint density at radius 2 is 1.97 bits per heavy atom. The molecular formula is C21H25Cl2FN2O3. The maximum absolute atomic E-state index is 15.3. The lowest BCUT2D eigenvalue weighted by atomic mass is 9.95. The molecule has 0 aliphatic heterocycles. The van der Waals surface area contributed by atoms with Crippen LogP contribution in [0.4, 0.5) is 4.39 Å². The van der Waals surface area contributed by atoms with E-state index in [1.165, 1.54) is 18.2 Å². The largest absolute Gasteiger partial charge is 0.392 e. The Morgan fingerprint density at radius 1 is 1.28 bits per heavy atom. The molecule has 4 N–H and O–H groups in total. The first-order chi connectivity index (χ1) is 13.3. The van der Waals surface area contributed by atoms with Gasteiger partial charge in [0.1, 0.15) is 5.82 Å². The maximum Gasteiger partial charge on any atom is 0.218 e. The SMILES string of the molecule is CC[C@@H](N[C@H](C)CC(N)=O)c1ccc(Cl)c(C(=O)c2cccc(CO)c2)c1F.Cl. The van der Waals surface area contributed by atoms with Gasteiger partial charge in [0, 0.05) is 29.6 Å². The molecule has 0 spiro atoms. The summed E-state index contributed by atoms with van der Waals surface area (Å²) in [7, 11) is 0. The standard InChI is InChI=1S/C21H24ClFN2O3.ClH/c1-3-17(25-12(2)9-18(24)27)15-7-8-16(22)19(20(15)23)21(28)14-6-4-5-13(10-14)11-26;/h4-8,10,12,17,25-26H,3,9,11H2,1-2H3,(H2,24,27);1H/t12-,17-;/m1./s1. The van der Waals surface area contributed by atoms with E-state index in [1.807, 2.05) is 6.92 Å². The first-order valence-electron chi connectivity index (χ1n) is 9.05. The zero-order valence-electron chi connectivity index (χ0n) is 16.2. The zero-order valence-corrected chi connectivity index (χ0v) is 17.8.